The molecule has 0 bridgehead atoms. The van der Waals surface area contributed by atoms with Gasteiger partial charge in [-0.05, 0) is 51.2 Å². The van der Waals surface area contributed by atoms with Gasteiger partial charge in [-0.2, -0.15) is 5.26 Å². The van der Waals surface area contributed by atoms with Crippen molar-refractivity contribution in [2.24, 2.45) is 5.73 Å². The lowest BCUT2D eigenvalue weighted by molar-refractivity contribution is 0.374. The van der Waals surface area contributed by atoms with Crippen LogP contribution in [-0.2, 0) is 0 Å². The van der Waals surface area contributed by atoms with Gasteiger partial charge in [-0.1, -0.05) is 6.92 Å². The van der Waals surface area contributed by atoms with E-state index in [2.05, 4.69) is 22.9 Å². The number of nitrogens with two attached hydrogens (primary N) is 1. The summed E-state index contributed by atoms with van der Waals surface area (Å²) >= 11 is 0. The number of pyridine rings is 1. The van der Waals surface area contributed by atoms with Crippen molar-refractivity contribution in [1.82, 2.24) is 4.98 Å². The van der Waals surface area contributed by atoms with Crippen molar-refractivity contribution < 1.29 is 0 Å². The van der Waals surface area contributed by atoms with E-state index in [0.29, 0.717) is 17.6 Å². The third-order valence-corrected chi connectivity index (χ3v) is 4.05. The first-order valence-corrected chi connectivity index (χ1v) is 7.55. The molecule has 1 aromatic rings. The second-order valence-corrected chi connectivity index (χ2v) is 5.70. The predicted octanol–water partition coefficient (Wildman–Crippen LogP) is 2.75. The van der Waals surface area contributed by atoms with Gasteiger partial charge in [0.2, 0.25) is 0 Å². The van der Waals surface area contributed by atoms with Crippen molar-refractivity contribution in [3.63, 3.8) is 0 Å². The number of anilines is 1. The molecule has 20 heavy (non-hydrogen) atoms. The van der Waals surface area contributed by atoms with Gasteiger partial charge in [0.1, 0.15) is 11.9 Å². The Balaban J connectivity index is 2.28. The molecular weight excluding hydrogens is 248 g/mol. The van der Waals surface area contributed by atoms with Crippen LogP contribution in [0.4, 0.5) is 5.82 Å². The second kappa shape index (κ2) is 6.71. The summed E-state index contributed by atoms with van der Waals surface area (Å²) in [4.78, 5) is 6.96. The molecule has 0 spiro atoms. The van der Waals surface area contributed by atoms with Crippen molar-refractivity contribution in [2.75, 3.05) is 11.4 Å². The van der Waals surface area contributed by atoms with Gasteiger partial charge in [0, 0.05) is 24.3 Å². The molecule has 2 N–H and O–H groups in total. The van der Waals surface area contributed by atoms with E-state index in [9.17, 15) is 5.26 Å². The first-order chi connectivity index (χ1) is 9.65. The standard InChI is InChI=1S/C16H24N4/c1-3-10-20(15-8-6-14(18)7-9-15)16-13(11-17)5-4-12(2)19-16/h4-5,14-15H,3,6-10,18H2,1-2H3. The Hall–Kier alpha value is -1.60. The van der Waals surface area contributed by atoms with Crippen LogP contribution in [-0.4, -0.2) is 23.6 Å². The summed E-state index contributed by atoms with van der Waals surface area (Å²) in [6, 6.07) is 6.88. The first-order valence-electron chi connectivity index (χ1n) is 7.55. The van der Waals surface area contributed by atoms with Gasteiger partial charge in [-0.25, -0.2) is 4.98 Å². The van der Waals surface area contributed by atoms with Crippen molar-refractivity contribution in [3.05, 3.63) is 23.4 Å². The summed E-state index contributed by atoms with van der Waals surface area (Å²) in [5.41, 5.74) is 7.65. The highest BCUT2D eigenvalue weighted by Gasteiger charge is 2.26. The lowest BCUT2D eigenvalue weighted by Crippen LogP contribution is -2.42. The number of rotatable bonds is 4. The number of aryl methyl sites for hydroxylation is 1. The molecule has 0 radical (unpaired) electrons. The average molecular weight is 272 g/mol. The molecule has 2 rings (SSSR count). The molecule has 1 aliphatic rings. The third-order valence-electron chi connectivity index (χ3n) is 4.05. The quantitative estimate of drug-likeness (QED) is 0.915. The van der Waals surface area contributed by atoms with Crippen LogP contribution < -0.4 is 10.6 Å². The fourth-order valence-electron chi connectivity index (χ4n) is 2.96. The van der Waals surface area contributed by atoms with E-state index in [-0.39, 0.29) is 0 Å². The van der Waals surface area contributed by atoms with Crippen LogP contribution in [0.15, 0.2) is 12.1 Å². The Bertz CT molecular complexity index is 484. The van der Waals surface area contributed by atoms with Gasteiger partial charge in [0.15, 0.2) is 0 Å². The van der Waals surface area contributed by atoms with E-state index in [1.165, 1.54) is 0 Å². The SMILES string of the molecule is CCCN(c1nc(C)ccc1C#N)C1CCC(N)CC1. The highest BCUT2D eigenvalue weighted by Crippen LogP contribution is 2.28. The molecule has 0 amide bonds. The molecular formula is C16H24N4. The maximum absolute atomic E-state index is 9.33. The number of nitriles is 1. The third kappa shape index (κ3) is 3.29. The number of hydrogen-bond donors (Lipinski definition) is 1. The molecule has 108 valence electrons. The maximum atomic E-state index is 9.33. The average Bonchev–Trinajstić information content (AvgIpc) is 2.46. The number of aromatic nitrogens is 1. The molecule has 0 aliphatic heterocycles. The Morgan fingerprint density at radius 3 is 2.65 bits per heavy atom. The van der Waals surface area contributed by atoms with Crippen LogP contribution in [0.2, 0.25) is 0 Å². The molecule has 1 aliphatic carbocycles. The molecule has 0 atom stereocenters. The van der Waals surface area contributed by atoms with E-state index in [1.54, 1.807) is 0 Å². The molecule has 1 saturated carbocycles. The fraction of sp³-hybridized carbons (Fsp3) is 0.625. The van der Waals surface area contributed by atoms with Gasteiger partial charge in [-0.15, -0.1) is 0 Å². The Kier molecular flexibility index (Phi) is 4.97. The molecule has 0 saturated heterocycles. The summed E-state index contributed by atoms with van der Waals surface area (Å²) in [6.45, 7) is 5.10. The highest BCUT2D eigenvalue weighted by atomic mass is 15.2. The zero-order valence-corrected chi connectivity index (χ0v) is 12.5. The summed E-state index contributed by atoms with van der Waals surface area (Å²) < 4.78 is 0. The Labute approximate surface area is 121 Å². The lowest BCUT2D eigenvalue weighted by atomic mass is 9.90. The van der Waals surface area contributed by atoms with E-state index in [1.807, 2.05) is 19.1 Å². The van der Waals surface area contributed by atoms with E-state index < -0.39 is 0 Å². The van der Waals surface area contributed by atoms with Gasteiger partial charge in [0.05, 0.1) is 5.56 Å². The van der Waals surface area contributed by atoms with E-state index in [0.717, 1.165) is 50.2 Å². The minimum atomic E-state index is 0.343. The topological polar surface area (TPSA) is 65.9 Å². The smallest absolute Gasteiger partial charge is 0.147 e. The van der Waals surface area contributed by atoms with E-state index >= 15 is 0 Å². The summed E-state index contributed by atoms with van der Waals surface area (Å²) in [5.74, 6) is 0.856. The minimum Gasteiger partial charge on any atom is -0.353 e. The van der Waals surface area contributed by atoms with Crippen molar-refractivity contribution >= 4 is 5.82 Å². The molecule has 0 aromatic carbocycles. The van der Waals surface area contributed by atoms with Gasteiger partial charge < -0.3 is 10.6 Å². The second-order valence-electron chi connectivity index (χ2n) is 5.70. The van der Waals surface area contributed by atoms with Gasteiger partial charge in [0.25, 0.3) is 0 Å². The van der Waals surface area contributed by atoms with Crippen molar-refractivity contribution in [3.8, 4) is 6.07 Å². The summed E-state index contributed by atoms with van der Waals surface area (Å²) in [6.07, 6.45) is 5.39. The number of nitrogens with zero attached hydrogens (tertiary/aromatic N) is 3. The largest absolute Gasteiger partial charge is 0.353 e. The number of hydrogen-bond acceptors (Lipinski definition) is 4. The van der Waals surface area contributed by atoms with Gasteiger partial charge >= 0.3 is 0 Å². The highest BCUT2D eigenvalue weighted by molar-refractivity contribution is 5.55. The minimum absolute atomic E-state index is 0.343. The fourth-order valence-corrected chi connectivity index (χ4v) is 2.96. The molecule has 1 heterocycles. The maximum Gasteiger partial charge on any atom is 0.147 e. The van der Waals surface area contributed by atoms with Crippen LogP contribution >= 0.6 is 0 Å². The predicted molar refractivity (Wildman–Crippen MR) is 81.6 cm³/mol. The van der Waals surface area contributed by atoms with Crippen LogP contribution in [0.5, 0.6) is 0 Å². The summed E-state index contributed by atoms with van der Waals surface area (Å²) in [5, 5.41) is 9.33. The van der Waals surface area contributed by atoms with Gasteiger partial charge in [-0.3, -0.25) is 0 Å². The van der Waals surface area contributed by atoms with Crippen LogP contribution in [0, 0.1) is 18.3 Å². The van der Waals surface area contributed by atoms with Crippen LogP contribution in [0.1, 0.15) is 50.3 Å². The molecule has 1 fully saturated rings. The Morgan fingerprint density at radius 2 is 2.05 bits per heavy atom. The molecule has 4 heteroatoms. The zero-order chi connectivity index (χ0) is 14.5. The molecule has 0 unspecified atom stereocenters. The normalized spacial score (nSPS) is 22.3. The first kappa shape index (κ1) is 14.8. The van der Waals surface area contributed by atoms with E-state index in [4.69, 9.17) is 5.73 Å². The monoisotopic (exact) mass is 272 g/mol. The molecule has 1 aromatic heterocycles. The molecule has 4 nitrogen and oxygen atoms in total. The van der Waals surface area contributed by atoms with Crippen LogP contribution in [0.3, 0.4) is 0 Å². The zero-order valence-electron chi connectivity index (χ0n) is 12.5. The van der Waals surface area contributed by atoms with Crippen molar-refractivity contribution in [1.29, 1.82) is 5.26 Å². The van der Waals surface area contributed by atoms with Crippen molar-refractivity contribution in [2.45, 2.75) is 58.0 Å². The van der Waals surface area contributed by atoms with Crippen LogP contribution in [0.25, 0.3) is 0 Å². The summed E-state index contributed by atoms with van der Waals surface area (Å²) in [7, 11) is 0. The lowest BCUT2D eigenvalue weighted by Gasteiger charge is -2.37. The Morgan fingerprint density at radius 1 is 1.35 bits per heavy atom.